The fraction of sp³-hybridized carbons (Fsp3) is 0.429. The molecule has 4 aromatic rings. The van der Waals surface area contributed by atoms with Gasteiger partial charge in [-0.05, 0) is 73.8 Å². The molecule has 0 aliphatic heterocycles. The monoisotopic (exact) mass is 679 g/mol. The van der Waals surface area contributed by atoms with Crippen LogP contribution < -0.4 is 4.90 Å². The number of aromatic amines is 2. The molecule has 4 rings (SSSR count). The van der Waals surface area contributed by atoms with Crippen molar-refractivity contribution in [3.05, 3.63) is 77.2 Å². The standard InChI is InChI=1S/C35H45N5O7S/c1-8-29(23-18-36-37-19-23)39(7)16-15-26-27-17-24(11-14-28(27)38-31(26)35(4,5)6)40(30(33(42)43)34(44)45)32(41)22-9-12-25(13-10-22)48(46,47)20-21(2)3/h9-14,17-19,21,29-30,38H,8,15-16,20H2,1-7H3,(H,36,37)(H,42,43)(H,44,45). The van der Waals surface area contributed by atoms with Gasteiger partial charge in [0, 0.05) is 57.6 Å². The van der Waals surface area contributed by atoms with Crippen LogP contribution in [0.3, 0.4) is 0 Å². The number of anilines is 1. The van der Waals surface area contributed by atoms with Gasteiger partial charge in [0.15, 0.2) is 9.84 Å². The third-order valence-corrected chi connectivity index (χ3v) is 10.5. The topological polar surface area (TPSA) is 177 Å². The van der Waals surface area contributed by atoms with Crippen LogP contribution in [0, 0.1) is 5.92 Å². The Kier molecular flexibility index (Phi) is 10.8. The number of likely N-dealkylation sites (N-methyl/N-ethyl adjacent to an activating group) is 1. The van der Waals surface area contributed by atoms with E-state index in [1.807, 2.05) is 19.4 Å². The molecule has 2 heterocycles. The number of H-pyrrole nitrogens is 2. The van der Waals surface area contributed by atoms with Crippen molar-refractivity contribution in [1.29, 1.82) is 0 Å². The van der Waals surface area contributed by atoms with Gasteiger partial charge in [0.25, 0.3) is 5.91 Å². The Morgan fingerprint density at radius 3 is 2.17 bits per heavy atom. The molecule has 0 saturated heterocycles. The number of carboxylic acid groups (broad SMARTS) is 2. The summed E-state index contributed by atoms with van der Waals surface area (Å²) in [5.74, 6) is -4.53. The summed E-state index contributed by atoms with van der Waals surface area (Å²) in [6.45, 7) is 12.6. The molecule has 0 aliphatic carbocycles. The Bertz CT molecular complexity index is 1860. The van der Waals surface area contributed by atoms with Crippen molar-refractivity contribution < 1.29 is 33.0 Å². The minimum Gasteiger partial charge on any atom is -0.479 e. The maximum absolute atomic E-state index is 14.0. The summed E-state index contributed by atoms with van der Waals surface area (Å²) in [4.78, 5) is 45.2. The zero-order chi connectivity index (χ0) is 35.6. The second kappa shape index (κ2) is 14.3. The summed E-state index contributed by atoms with van der Waals surface area (Å²) in [7, 11) is -1.57. The Balaban J connectivity index is 1.80. The summed E-state index contributed by atoms with van der Waals surface area (Å²) >= 11 is 0. The number of carbonyl (C=O) groups excluding carboxylic acids is 1. The van der Waals surface area contributed by atoms with Gasteiger partial charge < -0.3 is 15.2 Å². The van der Waals surface area contributed by atoms with Crippen molar-refractivity contribution in [2.45, 2.75) is 76.8 Å². The quantitative estimate of drug-likeness (QED) is 0.127. The zero-order valence-corrected chi connectivity index (χ0v) is 29.3. The number of rotatable bonds is 14. The van der Waals surface area contributed by atoms with E-state index in [-0.39, 0.29) is 39.3 Å². The molecule has 0 radical (unpaired) electrons. The van der Waals surface area contributed by atoms with Crippen molar-refractivity contribution in [2.24, 2.45) is 5.92 Å². The summed E-state index contributed by atoms with van der Waals surface area (Å²) in [5, 5.41) is 27.7. The van der Waals surface area contributed by atoms with E-state index in [4.69, 9.17) is 0 Å². The number of fused-ring (bicyclic) bond motifs is 1. The highest BCUT2D eigenvalue weighted by Gasteiger charge is 2.38. The van der Waals surface area contributed by atoms with E-state index in [1.165, 1.54) is 30.3 Å². The maximum Gasteiger partial charge on any atom is 0.338 e. The van der Waals surface area contributed by atoms with Crippen LogP contribution in [0.5, 0.6) is 0 Å². The molecule has 1 atom stereocenters. The Hall–Kier alpha value is -4.49. The fourth-order valence-corrected chi connectivity index (χ4v) is 7.78. The minimum absolute atomic E-state index is 0.0171. The third kappa shape index (κ3) is 7.79. The fourth-order valence-electron chi connectivity index (χ4n) is 6.16. The molecule has 0 spiro atoms. The van der Waals surface area contributed by atoms with Crippen molar-refractivity contribution >= 4 is 44.3 Å². The van der Waals surface area contributed by atoms with Crippen LogP contribution >= 0.6 is 0 Å². The first kappa shape index (κ1) is 36.3. The minimum atomic E-state index is -3.61. The lowest BCUT2D eigenvalue weighted by atomic mass is 9.87. The molecule has 1 amide bonds. The zero-order valence-electron chi connectivity index (χ0n) is 28.4. The molecule has 0 bridgehead atoms. The van der Waals surface area contributed by atoms with Crippen molar-refractivity contribution in [3.63, 3.8) is 0 Å². The molecule has 1 unspecified atom stereocenters. The van der Waals surface area contributed by atoms with Crippen LogP contribution in [0.25, 0.3) is 10.9 Å². The number of benzene rings is 2. The van der Waals surface area contributed by atoms with Crippen LogP contribution in [0.15, 0.2) is 59.8 Å². The number of nitrogens with zero attached hydrogens (tertiary/aromatic N) is 3. The van der Waals surface area contributed by atoms with Gasteiger partial charge in [0.05, 0.1) is 16.8 Å². The summed E-state index contributed by atoms with van der Waals surface area (Å²) < 4.78 is 25.5. The molecule has 48 heavy (non-hydrogen) atoms. The van der Waals surface area contributed by atoms with Gasteiger partial charge in [-0.2, -0.15) is 5.10 Å². The molecule has 12 nitrogen and oxygen atoms in total. The second-order valence-electron chi connectivity index (χ2n) is 13.6. The summed E-state index contributed by atoms with van der Waals surface area (Å²) in [6, 6.07) is 7.91. The SMILES string of the molecule is CCC(c1cn[nH]c1)N(C)CCc1c(C(C)(C)C)[nH]c2ccc(N(C(=O)c3ccc(S(=O)(=O)CC(C)C)cc3)C(C(=O)O)C(=O)O)cc12. The van der Waals surface area contributed by atoms with E-state index in [2.05, 4.69) is 47.8 Å². The first-order chi connectivity index (χ1) is 22.5. The summed E-state index contributed by atoms with van der Waals surface area (Å²) in [5.41, 5.74) is 3.52. The number of hydrogen-bond donors (Lipinski definition) is 4. The highest BCUT2D eigenvalue weighted by molar-refractivity contribution is 7.91. The smallest absolute Gasteiger partial charge is 0.338 e. The van der Waals surface area contributed by atoms with E-state index in [0.717, 1.165) is 39.0 Å². The maximum atomic E-state index is 14.0. The first-order valence-corrected chi connectivity index (χ1v) is 17.6. The molecule has 0 saturated carbocycles. The van der Waals surface area contributed by atoms with E-state index >= 15 is 0 Å². The van der Waals surface area contributed by atoms with Crippen LogP contribution in [-0.4, -0.2) is 81.9 Å². The van der Waals surface area contributed by atoms with Gasteiger partial charge in [-0.1, -0.05) is 41.5 Å². The average molecular weight is 680 g/mol. The lowest BCUT2D eigenvalue weighted by Crippen LogP contribution is -2.50. The molecule has 4 N–H and O–H groups in total. The number of aromatic nitrogens is 3. The van der Waals surface area contributed by atoms with Crippen LogP contribution in [0.2, 0.25) is 0 Å². The highest BCUT2D eigenvalue weighted by atomic mass is 32.2. The molecule has 258 valence electrons. The van der Waals surface area contributed by atoms with Gasteiger partial charge in [-0.15, -0.1) is 0 Å². The van der Waals surface area contributed by atoms with Gasteiger partial charge in [0.2, 0.25) is 6.04 Å². The molecule has 2 aromatic heterocycles. The largest absolute Gasteiger partial charge is 0.479 e. The van der Waals surface area contributed by atoms with E-state index in [0.29, 0.717) is 13.0 Å². The normalized spacial score (nSPS) is 13.0. The van der Waals surface area contributed by atoms with Crippen LogP contribution in [0.1, 0.15) is 81.2 Å². The Morgan fingerprint density at radius 1 is 1.00 bits per heavy atom. The Morgan fingerprint density at radius 2 is 1.65 bits per heavy atom. The number of hydrogen-bond acceptors (Lipinski definition) is 7. The van der Waals surface area contributed by atoms with Gasteiger partial charge in [-0.25, -0.2) is 18.0 Å². The molecule has 0 aliphatic rings. The number of carbonyl (C=O) groups is 3. The molecular formula is C35H45N5O7S. The highest BCUT2D eigenvalue weighted by Crippen LogP contribution is 2.35. The number of amides is 1. The van der Waals surface area contributed by atoms with Crippen molar-refractivity contribution in [2.75, 3.05) is 24.2 Å². The third-order valence-electron chi connectivity index (χ3n) is 8.41. The molecule has 0 fully saturated rings. The van der Waals surface area contributed by atoms with Crippen LogP contribution in [0.4, 0.5) is 5.69 Å². The number of sulfone groups is 1. The number of aliphatic carboxylic acids is 2. The predicted octanol–water partition coefficient (Wildman–Crippen LogP) is 5.43. The molecule has 2 aromatic carbocycles. The predicted molar refractivity (Wildman–Crippen MR) is 184 cm³/mol. The van der Waals surface area contributed by atoms with Gasteiger partial charge in [-0.3, -0.25) is 19.7 Å². The lowest BCUT2D eigenvalue weighted by Gasteiger charge is -2.28. The second-order valence-corrected chi connectivity index (χ2v) is 15.6. The van der Waals surface area contributed by atoms with Gasteiger partial charge in [0.1, 0.15) is 0 Å². The number of carboxylic acids is 2. The summed E-state index contributed by atoms with van der Waals surface area (Å²) in [6.07, 6.45) is 5.18. The van der Waals surface area contributed by atoms with Crippen LogP contribution in [-0.2, 0) is 31.3 Å². The molecule has 13 heteroatoms. The average Bonchev–Trinajstić information content (AvgIpc) is 3.66. The lowest BCUT2D eigenvalue weighted by molar-refractivity contribution is -0.149. The van der Waals surface area contributed by atoms with Crippen molar-refractivity contribution in [1.82, 2.24) is 20.1 Å². The van der Waals surface area contributed by atoms with E-state index in [1.54, 1.807) is 26.0 Å². The Labute approximate surface area is 281 Å². The van der Waals surface area contributed by atoms with Crippen molar-refractivity contribution in [3.8, 4) is 0 Å². The van der Waals surface area contributed by atoms with Gasteiger partial charge >= 0.3 is 11.9 Å². The van der Waals surface area contributed by atoms with E-state index in [9.17, 15) is 33.0 Å². The number of nitrogens with one attached hydrogen (secondary N) is 2. The first-order valence-electron chi connectivity index (χ1n) is 15.9. The molecular weight excluding hydrogens is 634 g/mol. The van der Waals surface area contributed by atoms with E-state index < -0.39 is 33.7 Å².